The van der Waals surface area contributed by atoms with Crippen LogP contribution in [-0.2, 0) is 0 Å². The van der Waals surface area contributed by atoms with Crippen LogP contribution in [0.1, 0.15) is 0 Å². The lowest BCUT2D eigenvalue weighted by Crippen LogP contribution is -1.96. The molecule has 0 fully saturated rings. The Morgan fingerprint density at radius 1 is 0.840 bits per heavy atom. The highest BCUT2D eigenvalue weighted by atomic mass is 32.2. The van der Waals surface area contributed by atoms with E-state index in [2.05, 4.69) is 31.1 Å². The van der Waals surface area contributed by atoms with Crippen LogP contribution >= 0.6 is 23.5 Å². The Morgan fingerprint density at radius 3 is 2.20 bits per heavy atom. The molecule has 4 rings (SSSR count). The molecule has 0 aliphatic carbocycles. The number of aromatic nitrogens is 3. The fourth-order valence-corrected chi connectivity index (χ4v) is 3.48. The Morgan fingerprint density at radius 2 is 1.52 bits per heavy atom. The highest BCUT2D eigenvalue weighted by Gasteiger charge is 2.06. The number of nitrogens with one attached hydrogen (secondary N) is 1. The maximum atomic E-state index is 5.66. The van der Waals surface area contributed by atoms with Crippen molar-refractivity contribution in [2.45, 2.75) is 0 Å². The van der Waals surface area contributed by atoms with Crippen LogP contribution in [0.25, 0.3) is 0 Å². The zero-order chi connectivity index (χ0) is 17.2. The summed E-state index contributed by atoms with van der Waals surface area (Å²) in [5.41, 5.74) is 1.83. The first-order valence-electron chi connectivity index (χ1n) is 7.51. The number of ether oxygens (including phenoxy) is 1. The van der Waals surface area contributed by atoms with Crippen LogP contribution < -0.4 is 10.1 Å². The topological polar surface area (TPSA) is 59.9 Å². The summed E-state index contributed by atoms with van der Waals surface area (Å²) in [6.45, 7) is 0. The minimum atomic E-state index is 0.266. The van der Waals surface area contributed by atoms with Gasteiger partial charge in [0.05, 0.1) is 5.69 Å². The molecule has 1 aliphatic rings. The third kappa shape index (κ3) is 5.81. The second kappa shape index (κ2) is 9.71. The number of nitrogens with zero attached hydrogens (tertiary/aromatic N) is 3. The molecule has 1 aromatic heterocycles. The van der Waals surface area contributed by atoms with Gasteiger partial charge in [-0.2, -0.15) is 9.97 Å². The molecule has 0 saturated heterocycles. The number of para-hydroxylation sites is 3. The van der Waals surface area contributed by atoms with E-state index in [1.54, 1.807) is 0 Å². The van der Waals surface area contributed by atoms with Gasteiger partial charge in [-0.25, -0.2) is 4.98 Å². The Kier molecular flexibility index (Phi) is 6.72. The standard InChI is InChI=1S/C15H12N4O.C3H4S2/c1-2-6-12(7-3-1)19-13-8-4-5-9-14(13)20-15-17-10-16-11-18-15;1-2-5-3-4-1/h1-11,19H;1-2H,3H2. The van der Waals surface area contributed by atoms with Crippen LogP contribution in [0.4, 0.5) is 11.4 Å². The van der Waals surface area contributed by atoms with Crippen LogP contribution in [0.15, 0.2) is 78.1 Å². The van der Waals surface area contributed by atoms with Gasteiger partial charge in [-0.3, -0.25) is 0 Å². The van der Waals surface area contributed by atoms with E-state index in [1.807, 2.05) is 78.1 Å². The van der Waals surface area contributed by atoms with Crippen molar-refractivity contribution in [3.8, 4) is 11.8 Å². The van der Waals surface area contributed by atoms with Crippen LogP contribution in [-0.4, -0.2) is 20.0 Å². The largest absolute Gasteiger partial charge is 0.422 e. The van der Waals surface area contributed by atoms with Crippen molar-refractivity contribution in [1.29, 1.82) is 0 Å². The molecule has 0 bridgehead atoms. The fourth-order valence-electron chi connectivity index (χ4n) is 1.91. The van der Waals surface area contributed by atoms with Crippen LogP contribution in [0.5, 0.6) is 11.8 Å². The molecule has 0 unspecified atom stereocenters. The number of hydrogen-bond acceptors (Lipinski definition) is 7. The van der Waals surface area contributed by atoms with Gasteiger partial charge >= 0.3 is 6.01 Å². The van der Waals surface area contributed by atoms with Gasteiger partial charge in [0.15, 0.2) is 5.75 Å². The zero-order valence-electron chi connectivity index (χ0n) is 13.3. The Labute approximate surface area is 155 Å². The van der Waals surface area contributed by atoms with Gasteiger partial charge in [-0.15, -0.1) is 23.5 Å². The smallest absolute Gasteiger partial charge is 0.325 e. The monoisotopic (exact) mass is 368 g/mol. The van der Waals surface area contributed by atoms with E-state index in [-0.39, 0.29) is 6.01 Å². The molecule has 0 atom stereocenters. The van der Waals surface area contributed by atoms with E-state index in [4.69, 9.17) is 4.74 Å². The molecular formula is C18H16N4OS2. The first kappa shape index (κ1) is 17.3. The van der Waals surface area contributed by atoms with E-state index in [0.717, 1.165) is 11.4 Å². The highest BCUT2D eigenvalue weighted by Crippen LogP contribution is 2.29. The molecule has 2 aromatic carbocycles. The molecular weight excluding hydrogens is 352 g/mol. The maximum Gasteiger partial charge on any atom is 0.325 e. The van der Waals surface area contributed by atoms with E-state index < -0.39 is 0 Å². The first-order valence-corrected chi connectivity index (χ1v) is 9.61. The molecule has 5 nitrogen and oxygen atoms in total. The van der Waals surface area contributed by atoms with Crippen molar-refractivity contribution in [2.75, 3.05) is 10.4 Å². The van der Waals surface area contributed by atoms with Crippen molar-refractivity contribution < 1.29 is 4.74 Å². The van der Waals surface area contributed by atoms with Crippen molar-refractivity contribution in [3.05, 3.63) is 78.1 Å². The Bertz CT molecular complexity index is 734. The van der Waals surface area contributed by atoms with Crippen LogP contribution in [0, 0.1) is 0 Å². The lowest BCUT2D eigenvalue weighted by molar-refractivity contribution is 0.441. The van der Waals surface area contributed by atoms with E-state index in [0.29, 0.717) is 5.75 Å². The van der Waals surface area contributed by atoms with Crippen molar-refractivity contribution in [1.82, 2.24) is 15.0 Å². The van der Waals surface area contributed by atoms with E-state index in [1.165, 1.54) is 17.7 Å². The van der Waals surface area contributed by atoms with Crippen molar-refractivity contribution in [3.63, 3.8) is 0 Å². The number of benzene rings is 2. The molecule has 1 aliphatic heterocycles. The molecule has 3 aromatic rings. The van der Waals surface area contributed by atoms with E-state index in [9.17, 15) is 0 Å². The third-order valence-electron chi connectivity index (χ3n) is 2.99. The van der Waals surface area contributed by atoms with Gasteiger partial charge in [-0.05, 0) is 35.1 Å². The van der Waals surface area contributed by atoms with Crippen LogP contribution in [0.2, 0.25) is 0 Å². The van der Waals surface area contributed by atoms with Gasteiger partial charge in [0, 0.05) is 10.8 Å². The third-order valence-corrected chi connectivity index (χ3v) is 4.91. The maximum absolute atomic E-state index is 5.66. The number of hydrogen-bond donors (Lipinski definition) is 1. The summed E-state index contributed by atoms with van der Waals surface area (Å²) in [4.78, 5) is 11.7. The number of thioether (sulfide) groups is 2. The summed E-state index contributed by atoms with van der Waals surface area (Å²) in [6.07, 6.45) is 2.80. The molecule has 1 N–H and O–H groups in total. The summed E-state index contributed by atoms with van der Waals surface area (Å²) < 4.78 is 5.66. The highest BCUT2D eigenvalue weighted by molar-refractivity contribution is 8.21. The number of rotatable bonds is 4. The molecule has 0 amide bonds. The lowest BCUT2D eigenvalue weighted by Gasteiger charge is -2.11. The number of anilines is 2. The molecule has 25 heavy (non-hydrogen) atoms. The predicted octanol–water partition coefficient (Wildman–Crippen LogP) is 5.30. The summed E-state index contributed by atoms with van der Waals surface area (Å²) in [7, 11) is 0. The zero-order valence-corrected chi connectivity index (χ0v) is 14.9. The second-order valence-corrected chi connectivity index (χ2v) is 6.89. The molecule has 2 heterocycles. The lowest BCUT2D eigenvalue weighted by atomic mass is 10.2. The summed E-state index contributed by atoms with van der Waals surface area (Å²) >= 11 is 3.71. The minimum absolute atomic E-state index is 0.266. The molecule has 0 radical (unpaired) electrons. The molecule has 126 valence electrons. The van der Waals surface area contributed by atoms with E-state index >= 15 is 0 Å². The average molecular weight is 368 g/mol. The average Bonchev–Trinajstić information content (AvgIpc) is 3.25. The normalized spacial score (nSPS) is 12.2. The molecule has 0 spiro atoms. The predicted molar refractivity (Wildman–Crippen MR) is 105 cm³/mol. The van der Waals surface area contributed by atoms with Gasteiger partial charge in [0.25, 0.3) is 0 Å². The van der Waals surface area contributed by atoms with Gasteiger partial charge in [0.1, 0.15) is 12.7 Å². The fraction of sp³-hybridized carbons (Fsp3) is 0.0556. The van der Waals surface area contributed by atoms with Gasteiger partial charge in [-0.1, -0.05) is 30.3 Å². The van der Waals surface area contributed by atoms with Crippen molar-refractivity contribution in [2.24, 2.45) is 0 Å². The van der Waals surface area contributed by atoms with Gasteiger partial charge < -0.3 is 10.1 Å². The summed E-state index contributed by atoms with van der Waals surface area (Å²) in [5.74, 6) is 0.655. The summed E-state index contributed by atoms with van der Waals surface area (Å²) in [6, 6.07) is 17.8. The SMILES string of the molecule is C1=CSCS1.c1ccc(Nc2ccccc2Oc2ncncn2)cc1. The minimum Gasteiger partial charge on any atom is -0.422 e. The Balaban J connectivity index is 0.000000314. The van der Waals surface area contributed by atoms with Crippen LogP contribution in [0.3, 0.4) is 0 Å². The van der Waals surface area contributed by atoms with Gasteiger partial charge in [0.2, 0.25) is 0 Å². The van der Waals surface area contributed by atoms with Crippen molar-refractivity contribution >= 4 is 34.9 Å². The molecule has 0 saturated carbocycles. The second-order valence-electron chi connectivity index (χ2n) is 4.73. The summed E-state index contributed by atoms with van der Waals surface area (Å²) in [5, 5.41) is 8.75. The Hall–Kier alpha value is -2.51. The molecule has 7 heteroatoms. The first-order chi connectivity index (χ1) is 12.4. The quantitative estimate of drug-likeness (QED) is 0.670.